The molecule has 0 saturated carbocycles. The monoisotopic (exact) mass is 305 g/mol. The van der Waals surface area contributed by atoms with Crippen LogP contribution in [0.3, 0.4) is 0 Å². The molecule has 0 aliphatic carbocycles. The quantitative estimate of drug-likeness (QED) is 0.418. The Hall–Kier alpha value is -0.830. The van der Waals surface area contributed by atoms with Crippen molar-refractivity contribution in [2.75, 3.05) is 13.1 Å². The fourth-order valence-electron chi connectivity index (χ4n) is 1.81. The van der Waals surface area contributed by atoms with Gasteiger partial charge in [0.25, 0.3) is 0 Å². The van der Waals surface area contributed by atoms with Gasteiger partial charge in [-0.2, -0.15) is 0 Å². The second-order valence-electron chi connectivity index (χ2n) is 3.24. The number of urea groups is 1. The second kappa shape index (κ2) is 2.83. The summed E-state index contributed by atoms with van der Waals surface area (Å²) < 4.78 is 0.998. The molecule has 0 aromatic rings. The zero-order valence-corrected chi connectivity index (χ0v) is 9.33. The Morgan fingerprint density at radius 1 is 1.57 bits per heavy atom. The highest BCUT2D eigenvalue weighted by atomic mass is 127. The van der Waals surface area contributed by atoms with Crippen molar-refractivity contribution in [1.82, 2.24) is 21.1 Å². The number of amidine groups is 1. The van der Waals surface area contributed by atoms with Crippen LogP contribution in [0.2, 0.25) is 0 Å². The third kappa shape index (κ3) is 0.989. The molecular weight excluding hydrogens is 297 g/mol. The summed E-state index contributed by atoms with van der Waals surface area (Å²) >= 11 is 2.20. The van der Waals surface area contributed by atoms with Gasteiger partial charge in [0, 0.05) is 6.54 Å². The zero-order valence-electron chi connectivity index (χ0n) is 7.17. The molecule has 1 unspecified atom stereocenters. The molecule has 1 saturated heterocycles. The van der Waals surface area contributed by atoms with Gasteiger partial charge < -0.3 is 10.7 Å². The van der Waals surface area contributed by atoms with Crippen LogP contribution < -0.4 is 16.2 Å². The third-order valence-electron chi connectivity index (χ3n) is 2.45. The Morgan fingerprint density at radius 2 is 2.43 bits per heavy atom. The van der Waals surface area contributed by atoms with Crippen LogP contribution in [0.1, 0.15) is 0 Å². The lowest BCUT2D eigenvalue weighted by atomic mass is 10.1. The number of hydrogen-bond acceptors (Lipinski definition) is 4. The molecule has 7 heteroatoms. The van der Waals surface area contributed by atoms with E-state index in [1.54, 1.807) is 4.90 Å². The first-order chi connectivity index (χ1) is 6.77. The molecule has 3 N–H and O–H groups in total. The van der Waals surface area contributed by atoms with Crippen LogP contribution in [0, 0.1) is 0 Å². The number of nitrogens with one attached hydrogen (secondary N) is 3. The van der Waals surface area contributed by atoms with Crippen molar-refractivity contribution in [3.63, 3.8) is 0 Å². The van der Waals surface area contributed by atoms with Crippen LogP contribution in [0.25, 0.3) is 0 Å². The van der Waals surface area contributed by atoms with Crippen LogP contribution in [-0.4, -0.2) is 36.0 Å². The van der Waals surface area contributed by atoms with Crippen molar-refractivity contribution in [3.05, 3.63) is 9.28 Å². The molecule has 14 heavy (non-hydrogen) atoms. The smallest absolute Gasteiger partial charge is 0.316 e. The Kier molecular flexibility index (Phi) is 1.71. The lowest BCUT2D eigenvalue weighted by Crippen LogP contribution is -2.58. The van der Waals surface area contributed by atoms with E-state index in [0.717, 1.165) is 15.1 Å². The van der Waals surface area contributed by atoms with Gasteiger partial charge in [-0.05, 0) is 22.6 Å². The normalized spacial score (nSPS) is 29.5. The molecule has 1 atom stereocenters. The number of hydrazine groups is 1. The van der Waals surface area contributed by atoms with Crippen molar-refractivity contribution in [3.8, 4) is 0 Å². The van der Waals surface area contributed by atoms with Gasteiger partial charge >= 0.3 is 6.03 Å². The molecular formula is C7H8IN5O. The molecule has 0 aromatic carbocycles. The van der Waals surface area contributed by atoms with Crippen molar-refractivity contribution in [2.45, 2.75) is 6.17 Å². The Morgan fingerprint density at radius 3 is 3.29 bits per heavy atom. The maximum atomic E-state index is 11.6. The lowest BCUT2D eigenvalue weighted by Gasteiger charge is -2.29. The Labute approximate surface area is 93.9 Å². The summed E-state index contributed by atoms with van der Waals surface area (Å²) in [4.78, 5) is 17.6. The van der Waals surface area contributed by atoms with E-state index >= 15 is 0 Å². The number of hydrogen-bond donors (Lipinski definition) is 3. The molecule has 0 radical (unpaired) electrons. The molecule has 0 aromatic heterocycles. The van der Waals surface area contributed by atoms with Crippen molar-refractivity contribution >= 4 is 34.5 Å². The highest BCUT2D eigenvalue weighted by Gasteiger charge is 2.40. The predicted molar refractivity (Wildman–Crippen MR) is 58.6 cm³/mol. The van der Waals surface area contributed by atoms with Gasteiger partial charge in [-0.3, -0.25) is 9.89 Å². The van der Waals surface area contributed by atoms with Gasteiger partial charge in [0.05, 0.1) is 15.8 Å². The third-order valence-corrected chi connectivity index (χ3v) is 3.30. The van der Waals surface area contributed by atoms with Gasteiger partial charge in [0.15, 0.2) is 0 Å². The summed E-state index contributed by atoms with van der Waals surface area (Å²) in [5.74, 6) is 0.806. The number of halogens is 1. The van der Waals surface area contributed by atoms with Crippen molar-refractivity contribution in [1.29, 1.82) is 0 Å². The second-order valence-corrected chi connectivity index (χ2v) is 4.32. The molecule has 3 aliphatic heterocycles. The predicted octanol–water partition coefficient (Wildman–Crippen LogP) is -0.496. The molecule has 6 nitrogen and oxygen atoms in total. The zero-order chi connectivity index (χ0) is 9.71. The number of rotatable bonds is 0. The Balaban J connectivity index is 2.08. The average molecular weight is 305 g/mol. The van der Waals surface area contributed by atoms with E-state index in [1.165, 1.54) is 0 Å². The van der Waals surface area contributed by atoms with Gasteiger partial charge in [0.2, 0.25) is 0 Å². The largest absolute Gasteiger partial charge is 0.324 e. The first-order valence-electron chi connectivity index (χ1n) is 4.31. The van der Waals surface area contributed by atoms with Crippen molar-refractivity contribution in [2.24, 2.45) is 4.99 Å². The van der Waals surface area contributed by atoms with E-state index in [-0.39, 0.29) is 12.2 Å². The van der Waals surface area contributed by atoms with E-state index in [1.807, 2.05) is 0 Å². The number of nitrogens with zero attached hydrogens (tertiary/aromatic N) is 2. The summed E-state index contributed by atoms with van der Waals surface area (Å²) in [7, 11) is 0. The van der Waals surface area contributed by atoms with Crippen molar-refractivity contribution < 1.29 is 4.79 Å². The summed E-state index contributed by atoms with van der Waals surface area (Å²) in [6, 6.07) is -0.0737. The molecule has 0 spiro atoms. The van der Waals surface area contributed by atoms with Crippen LogP contribution in [0.15, 0.2) is 14.3 Å². The first-order valence-corrected chi connectivity index (χ1v) is 5.39. The van der Waals surface area contributed by atoms with Crippen LogP contribution in [0.5, 0.6) is 0 Å². The number of aliphatic imine (C=N–C) groups is 1. The van der Waals surface area contributed by atoms with E-state index < -0.39 is 0 Å². The van der Waals surface area contributed by atoms with Crippen LogP contribution in [0.4, 0.5) is 4.79 Å². The topological polar surface area (TPSA) is 68.8 Å². The highest BCUT2D eigenvalue weighted by molar-refractivity contribution is 14.1. The van der Waals surface area contributed by atoms with E-state index in [0.29, 0.717) is 13.1 Å². The summed E-state index contributed by atoms with van der Waals surface area (Å²) in [5.41, 5.74) is 7.01. The van der Waals surface area contributed by atoms with Gasteiger partial charge in [0.1, 0.15) is 12.0 Å². The number of fused-ring (bicyclic) bond motifs is 3. The molecule has 3 rings (SSSR count). The highest BCUT2D eigenvalue weighted by Crippen LogP contribution is 2.25. The molecule has 2 amide bonds. The lowest BCUT2D eigenvalue weighted by molar-refractivity contribution is 0.215. The molecule has 3 aliphatic rings. The van der Waals surface area contributed by atoms with E-state index in [2.05, 4.69) is 43.8 Å². The fourth-order valence-corrected chi connectivity index (χ4v) is 2.52. The molecule has 3 heterocycles. The minimum Gasteiger partial charge on any atom is -0.316 e. The Bertz CT molecular complexity index is 376. The van der Waals surface area contributed by atoms with E-state index in [4.69, 9.17) is 0 Å². The SMILES string of the molecule is O=C1NC2NNC(I)=C2C2=NCCN12. The van der Waals surface area contributed by atoms with Gasteiger partial charge in [-0.1, -0.05) is 0 Å². The maximum Gasteiger partial charge on any atom is 0.324 e. The number of carbonyl (C=O) groups is 1. The summed E-state index contributed by atoms with van der Waals surface area (Å²) in [5, 5.41) is 2.85. The van der Waals surface area contributed by atoms with Gasteiger partial charge in [-0.15, -0.1) is 0 Å². The average Bonchev–Trinajstić information content (AvgIpc) is 2.72. The fraction of sp³-hybridized carbons (Fsp3) is 0.429. The summed E-state index contributed by atoms with van der Waals surface area (Å²) in [6.07, 6.45) is -0.137. The maximum absolute atomic E-state index is 11.6. The molecule has 1 fully saturated rings. The summed E-state index contributed by atoms with van der Waals surface area (Å²) in [6.45, 7) is 1.38. The number of amides is 2. The molecule has 74 valence electrons. The van der Waals surface area contributed by atoms with Gasteiger partial charge in [-0.25, -0.2) is 10.2 Å². The number of carbonyl (C=O) groups excluding carboxylic acids is 1. The minimum absolute atomic E-state index is 0.0737. The minimum atomic E-state index is -0.137. The standard InChI is InChI=1S/C7H8IN5O/c8-4-3-5(12-11-4)10-7(14)13-2-1-9-6(3)13/h5,11-12H,1-2H2,(H,10,14). The van der Waals surface area contributed by atoms with Crippen LogP contribution >= 0.6 is 22.6 Å². The van der Waals surface area contributed by atoms with E-state index in [9.17, 15) is 4.79 Å². The first kappa shape index (κ1) is 8.48. The molecule has 0 bridgehead atoms. The van der Waals surface area contributed by atoms with Crippen LogP contribution in [-0.2, 0) is 0 Å².